The van der Waals surface area contributed by atoms with Crippen molar-refractivity contribution in [1.29, 1.82) is 0 Å². The van der Waals surface area contributed by atoms with Gasteiger partial charge in [-0.15, -0.1) is 0 Å². The van der Waals surface area contributed by atoms with Gasteiger partial charge in [0.2, 0.25) is 5.91 Å². The summed E-state index contributed by atoms with van der Waals surface area (Å²) >= 11 is 3.34. The van der Waals surface area contributed by atoms with Crippen LogP contribution in [0.3, 0.4) is 0 Å². The predicted octanol–water partition coefficient (Wildman–Crippen LogP) is 3.95. The van der Waals surface area contributed by atoms with Crippen LogP contribution in [0.25, 0.3) is 0 Å². The number of ether oxygens (including phenoxy) is 1. The first-order valence-corrected chi connectivity index (χ1v) is 7.54. The molecule has 0 radical (unpaired) electrons. The van der Waals surface area contributed by atoms with Gasteiger partial charge in [-0.2, -0.15) is 0 Å². The molecule has 1 aromatic heterocycles. The summed E-state index contributed by atoms with van der Waals surface area (Å²) in [6.07, 6.45) is 2.74. The molecule has 0 unspecified atom stereocenters. The fraction of sp³-hybridized carbons (Fsp3) is 0.250. The van der Waals surface area contributed by atoms with Crippen LogP contribution in [0.15, 0.2) is 47.1 Å². The Morgan fingerprint density at radius 1 is 1.33 bits per heavy atom. The van der Waals surface area contributed by atoms with Gasteiger partial charge >= 0.3 is 0 Å². The van der Waals surface area contributed by atoms with E-state index in [0.717, 1.165) is 15.8 Å². The highest BCUT2D eigenvalue weighted by Gasteiger charge is 2.06. The van der Waals surface area contributed by atoms with Crippen LogP contribution in [0, 0.1) is 6.92 Å². The average Bonchev–Trinajstić information content (AvgIpc) is 2.48. The summed E-state index contributed by atoms with van der Waals surface area (Å²) in [7, 11) is 0. The molecular weight excluding hydrogens is 332 g/mol. The summed E-state index contributed by atoms with van der Waals surface area (Å²) in [5, 5.41) is 2.81. The quantitative estimate of drug-likeness (QED) is 0.804. The number of halogens is 1. The van der Waals surface area contributed by atoms with E-state index in [2.05, 4.69) is 26.2 Å². The Morgan fingerprint density at radius 3 is 2.81 bits per heavy atom. The molecule has 1 aromatic carbocycles. The van der Waals surface area contributed by atoms with Gasteiger partial charge in [0.1, 0.15) is 11.6 Å². The molecule has 0 aliphatic carbocycles. The van der Waals surface area contributed by atoms with Gasteiger partial charge in [0.05, 0.1) is 6.61 Å². The van der Waals surface area contributed by atoms with Crippen LogP contribution in [-0.4, -0.2) is 17.5 Å². The first-order chi connectivity index (χ1) is 10.1. The van der Waals surface area contributed by atoms with Crippen LogP contribution < -0.4 is 10.1 Å². The molecule has 21 heavy (non-hydrogen) atoms. The molecule has 1 N–H and O–H groups in total. The van der Waals surface area contributed by atoms with Gasteiger partial charge in [-0.1, -0.05) is 18.2 Å². The Balaban J connectivity index is 1.72. The fourth-order valence-corrected chi connectivity index (χ4v) is 2.25. The summed E-state index contributed by atoms with van der Waals surface area (Å²) < 4.78 is 6.44. The topological polar surface area (TPSA) is 51.2 Å². The number of aryl methyl sites for hydroxylation is 1. The summed E-state index contributed by atoms with van der Waals surface area (Å²) in [5.74, 6) is 1.38. The molecule has 0 bridgehead atoms. The minimum atomic E-state index is -0.0513. The molecule has 2 aromatic rings. The van der Waals surface area contributed by atoms with E-state index < -0.39 is 0 Å². The van der Waals surface area contributed by atoms with E-state index in [1.54, 1.807) is 6.20 Å². The lowest BCUT2D eigenvalue weighted by molar-refractivity contribution is -0.116. The number of anilines is 1. The van der Waals surface area contributed by atoms with E-state index in [9.17, 15) is 4.79 Å². The Hall–Kier alpha value is -1.88. The van der Waals surface area contributed by atoms with Gasteiger partial charge in [-0.05, 0) is 53.0 Å². The minimum absolute atomic E-state index is 0.0513. The van der Waals surface area contributed by atoms with Gasteiger partial charge in [-0.25, -0.2) is 4.98 Å². The van der Waals surface area contributed by atoms with Crippen molar-refractivity contribution in [3.63, 3.8) is 0 Å². The van der Waals surface area contributed by atoms with Gasteiger partial charge in [-0.3, -0.25) is 4.79 Å². The number of benzene rings is 1. The zero-order valence-corrected chi connectivity index (χ0v) is 13.4. The lowest BCUT2D eigenvalue weighted by Crippen LogP contribution is -2.14. The number of carbonyl (C=O) groups is 1. The smallest absolute Gasteiger partial charge is 0.225 e. The van der Waals surface area contributed by atoms with E-state index >= 15 is 0 Å². The number of pyridine rings is 1. The zero-order valence-electron chi connectivity index (χ0n) is 11.8. The third-order valence-electron chi connectivity index (χ3n) is 2.86. The maximum absolute atomic E-state index is 11.8. The van der Waals surface area contributed by atoms with E-state index in [4.69, 9.17) is 4.74 Å². The lowest BCUT2D eigenvalue weighted by atomic mass is 10.2. The average molecular weight is 349 g/mol. The number of hydrogen-bond acceptors (Lipinski definition) is 3. The number of aromatic nitrogens is 1. The highest BCUT2D eigenvalue weighted by Crippen LogP contribution is 2.17. The van der Waals surface area contributed by atoms with Crippen molar-refractivity contribution in [3.05, 3.63) is 52.6 Å². The van der Waals surface area contributed by atoms with Gasteiger partial charge < -0.3 is 10.1 Å². The number of rotatable bonds is 6. The SMILES string of the molecule is Cc1cc(Br)cnc1NC(=O)CCCOc1ccccc1. The minimum Gasteiger partial charge on any atom is -0.494 e. The van der Waals surface area contributed by atoms with Crippen molar-refractivity contribution < 1.29 is 9.53 Å². The Morgan fingerprint density at radius 2 is 2.10 bits per heavy atom. The van der Waals surface area contributed by atoms with Crippen LogP contribution in [0.5, 0.6) is 5.75 Å². The van der Waals surface area contributed by atoms with Crippen molar-refractivity contribution in [2.75, 3.05) is 11.9 Å². The van der Waals surface area contributed by atoms with Crippen molar-refractivity contribution in [3.8, 4) is 5.75 Å². The van der Waals surface area contributed by atoms with E-state index in [0.29, 0.717) is 25.3 Å². The third kappa shape index (κ3) is 5.19. The number of hydrogen-bond donors (Lipinski definition) is 1. The van der Waals surface area contributed by atoms with Crippen molar-refractivity contribution in [2.45, 2.75) is 19.8 Å². The molecule has 0 saturated carbocycles. The summed E-state index contributed by atoms with van der Waals surface area (Å²) in [4.78, 5) is 16.0. The normalized spacial score (nSPS) is 10.2. The first-order valence-electron chi connectivity index (χ1n) is 6.75. The Bertz CT molecular complexity index is 602. The molecule has 0 aliphatic rings. The second kappa shape index (κ2) is 7.78. The highest BCUT2D eigenvalue weighted by atomic mass is 79.9. The number of nitrogens with zero attached hydrogens (tertiary/aromatic N) is 1. The number of amides is 1. The van der Waals surface area contributed by atoms with E-state index in [1.165, 1.54) is 0 Å². The molecule has 1 amide bonds. The Kier molecular flexibility index (Phi) is 5.75. The fourth-order valence-electron chi connectivity index (χ4n) is 1.81. The number of para-hydroxylation sites is 1. The van der Waals surface area contributed by atoms with Crippen LogP contribution >= 0.6 is 15.9 Å². The molecule has 4 nitrogen and oxygen atoms in total. The molecule has 0 aliphatic heterocycles. The van der Waals surface area contributed by atoms with Crippen molar-refractivity contribution in [2.24, 2.45) is 0 Å². The monoisotopic (exact) mass is 348 g/mol. The first kappa shape index (κ1) is 15.5. The molecule has 0 saturated heterocycles. The van der Waals surface area contributed by atoms with Crippen LogP contribution in [0.4, 0.5) is 5.82 Å². The summed E-state index contributed by atoms with van der Waals surface area (Å²) in [6, 6.07) is 11.5. The molecule has 1 heterocycles. The standard InChI is InChI=1S/C16H17BrN2O2/c1-12-10-13(17)11-18-16(12)19-15(20)8-5-9-21-14-6-3-2-4-7-14/h2-4,6-7,10-11H,5,8-9H2,1H3,(H,18,19,20). The van der Waals surface area contributed by atoms with E-state index in [-0.39, 0.29) is 5.91 Å². The molecule has 110 valence electrons. The highest BCUT2D eigenvalue weighted by molar-refractivity contribution is 9.10. The Labute approximate surface area is 132 Å². The third-order valence-corrected chi connectivity index (χ3v) is 3.30. The zero-order chi connectivity index (χ0) is 15.1. The maximum Gasteiger partial charge on any atom is 0.225 e. The lowest BCUT2D eigenvalue weighted by Gasteiger charge is -2.08. The maximum atomic E-state index is 11.8. The molecule has 0 spiro atoms. The van der Waals surface area contributed by atoms with Gasteiger partial charge in [0.15, 0.2) is 0 Å². The molecule has 0 fully saturated rings. The van der Waals surface area contributed by atoms with Gasteiger partial charge in [0.25, 0.3) is 0 Å². The van der Waals surface area contributed by atoms with E-state index in [1.807, 2.05) is 43.3 Å². The number of carbonyl (C=O) groups excluding carboxylic acids is 1. The van der Waals surface area contributed by atoms with Crippen LogP contribution in [0.1, 0.15) is 18.4 Å². The van der Waals surface area contributed by atoms with Crippen LogP contribution in [0.2, 0.25) is 0 Å². The molecule has 5 heteroatoms. The van der Waals surface area contributed by atoms with Crippen LogP contribution in [-0.2, 0) is 4.79 Å². The second-order valence-corrected chi connectivity index (χ2v) is 5.55. The van der Waals surface area contributed by atoms with Gasteiger partial charge in [0, 0.05) is 17.1 Å². The summed E-state index contributed by atoms with van der Waals surface area (Å²) in [5.41, 5.74) is 0.929. The summed E-state index contributed by atoms with van der Waals surface area (Å²) in [6.45, 7) is 2.43. The molecule has 2 rings (SSSR count). The molecule has 0 atom stereocenters. The number of nitrogens with one attached hydrogen (secondary N) is 1. The molecular formula is C16H17BrN2O2. The largest absolute Gasteiger partial charge is 0.494 e. The second-order valence-electron chi connectivity index (χ2n) is 4.63. The van der Waals surface area contributed by atoms with Crippen molar-refractivity contribution >= 4 is 27.7 Å². The van der Waals surface area contributed by atoms with Crippen molar-refractivity contribution in [1.82, 2.24) is 4.98 Å². The predicted molar refractivity (Wildman–Crippen MR) is 86.5 cm³/mol.